The molecule has 0 aliphatic rings. The zero-order valence-electron chi connectivity index (χ0n) is 14.4. The highest BCUT2D eigenvalue weighted by Gasteiger charge is 2.15. The van der Waals surface area contributed by atoms with Crippen LogP contribution in [-0.2, 0) is 6.54 Å². The van der Waals surface area contributed by atoms with Crippen LogP contribution in [0.25, 0.3) is 0 Å². The molecule has 2 aromatic rings. The highest BCUT2D eigenvalue weighted by atomic mass is 15.2. The molecule has 2 atom stereocenters. The quantitative estimate of drug-likeness (QED) is 0.658. The van der Waals surface area contributed by atoms with Crippen LogP contribution in [0.3, 0.4) is 0 Å². The number of hydrogen-bond acceptors (Lipinski definition) is 2. The zero-order chi connectivity index (χ0) is 16.7. The minimum Gasteiger partial charge on any atom is -0.353 e. The van der Waals surface area contributed by atoms with Crippen molar-refractivity contribution in [2.45, 2.75) is 39.3 Å². The molecule has 2 rings (SSSR count). The van der Waals surface area contributed by atoms with Crippen LogP contribution in [0.15, 0.2) is 53.7 Å². The van der Waals surface area contributed by atoms with E-state index in [1.807, 2.05) is 18.3 Å². The lowest BCUT2D eigenvalue weighted by molar-refractivity contribution is 0.549. The summed E-state index contributed by atoms with van der Waals surface area (Å²) in [5.74, 6) is 1.19. The molecule has 0 aliphatic carbocycles. The van der Waals surface area contributed by atoms with Gasteiger partial charge in [0.1, 0.15) is 0 Å². The molecule has 0 saturated heterocycles. The third-order valence-corrected chi connectivity index (χ3v) is 4.20. The molecular formula is C19H26N4. The van der Waals surface area contributed by atoms with Gasteiger partial charge >= 0.3 is 0 Å². The van der Waals surface area contributed by atoms with Crippen molar-refractivity contribution >= 4 is 5.96 Å². The SMILES string of the molecule is CN=C(NCc1ncccc1C)NC(C)C(C)c1ccccc1. The van der Waals surface area contributed by atoms with E-state index in [1.165, 1.54) is 11.1 Å². The third kappa shape index (κ3) is 4.81. The van der Waals surface area contributed by atoms with Crippen molar-refractivity contribution < 1.29 is 0 Å². The van der Waals surface area contributed by atoms with Gasteiger partial charge in [0.2, 0.25) is 0 Å². The molecule has 4 nitrogen and oxygen atoms in total. The number of aliphatic imine (C=N–C) groups is 1. The van der Waals surface area contributed by atoms with E-state index < -0.39 is 0 Å². The topological polar surface area (TPSA) is 49.3 Å². The van der Waals surface area contributed by atoms with Gasteiger partial charge in [-0.15, -0.1) is 0 Å². The summed E-state index contributed by atoms with van der Waals surface area (Å²) >= 11 is 0. The number of pyridine rings is 1. The van der Waals surface area contributed by atoms with Gasteiger partial charge in [0.25, 0.3) is 0 Å². The summed E-state index contributed by atoms with van der Waals surface area (Å²) < 4.78 is 0. The van der Waals surface area contributed by atoms with E-state index in [-0.39, 0.29) is 6.04 Å². The summed E-state index contributed by atoms with van der Waals surface area (Å²) in [6, 6.07) is 14.8. The molecule has 2 N–H and O–H groups in total. The van der Waals surface area contributed by atoms with Crippen LogP contribution in [0, 0.1) is 6.92 Å². The Labute approximate surface area is 139 Å². The molecule has 0 aliphatic heterocycles. The molecule has 0 spiro atoms. The van der Waals surface area contributed by atoms with Crippen LogP contribution in [0.1, 0.15) is 36.6 Å². The number of nitrogens with zero attached hydrogens (tertiary/aromatic N) is 2. The number of hydrogen-bond donors (Lipinski definition) is 2. The lowest BCUT2D eigenvalue weighted by Gasteiger charge is -2.24. The fourth-order valence-electron chi connectivity index (χ4n) is 2.45. The fraction of sp³-hybridized carbons (Fsp3) is 0.368. The van der Waals surface area contributed by atoms with E-state index in [2.05, 4.69) is 71.7 Å². The zero-order valence-corrected chi connectivity index (χ0v) is 14.4. The van der Waals surface area contributed by atoms with E-state index in [4.69, 9.17) is 0 Å². The standard InChI is InChI=1S/C19H26N4/c1-14-9-8-12-21-18(14)13-22-19(20-4)23-16(3)15(2)17-10-6-5-7-11-17/h5-12,15-16H,13H2,1-4H3,(H2,20,22,23). The average molecular weight is 310 g/mol. The first kappa shape index (κ1) is 17.0. The Hall–Kier alpha value is -2.36. The maximum absolute atomic E-state index is 4.40. The molecule has 23 heavy (non-hydrogen) atoms. The molecule has 0 saturated carbocycles. The lowest BCUT2D eigenvalue weighted by Crippen LogP contribution is -2.44. The van der Waals surface area contributed by atoms with Crippen LogP contribution >= 0.6 is 0 Å². The second-order valence-corrected chi connectivity index (χ2v) is 5.83. The van der Waals surface area contributed by atoms with E-state index in [1.54, 1.807) is 7.05 Å². The monoisotopic (exact) mass is 310 g/mol. The molecule has 1 aromatic heterocycles. The molecule has 1 aromatic carbocycles. The Morgan fingerprint density at radius 1 is 1.13 bits per heavy atom. The van der Waals surface area contributed by atoms with E-state index in [0.29, 0.717) is 12.5 Å². The minimum atomic E-state index is 0.272. The van der Waals surface area contributed by atoms with Crippen molar-refractivity contribution in [2.75, 3.05) is 7.05 Å². The van der Waals surface area contributed by atoms with E-state index in [0.717, 1.165) is 11.7 Å². The van der Waals surface area contributed by atoms with Gasteiger partial charge in [-0.2, -0.15) is 0 Å². The van der Waals surface area contributed by atoms with E-state index in [9.17, 15) is 0 Å². The third-order valence-electron chi connectivity index (χ3n) is 4.20. The maximum atomic E-state index is 4.40. The molecular weight excluding hydrogens is 284 g/mol. The van der Waals surface area contributed by atoms with Gasteiger partial charge in [-0.1, -0.05) is 43.3 Å². The first-order chi connectivity index (χ1) is 11.1. The normalized spacial score (nSPS) is 14.2. The van der Waals surface area contributed by atoms with Gasteiger partial charge in [0.15, 0.2) is 5.96 Å². The Balaban J connectivity index is 1.93. The Kier molecular flexibility index (Phi) is 6.15. The molecule has 1 heterocycles. The number of rotatable bonds is 5. The minimum absolute atomic E-state index is 0.272. The van der Waals surface area contributed by atoms with Crippen LogP contribution in [0.2, 0.25) is 0 Å². The average Bonchev–Trinajstić information content (AvgIpc) is 2.59. The molecule has 2 unspecified atom stereocenters. The van der Waals surface area contributed by atoms with Crippen molar-refractivity contribution in [3.8, 4) is 0 Å². The van der Waals surface area contributed by atoms with Crippen molar-refractivity contribution in [1.82, 2.24) is 15.6 Å². The summed E-state index contributed by atoms with van der Waals surface area (Å²) in [5.41, 5.74) is 3.55. The Bertz CT molecular complexity index is 637. The first-order valence-electron chi connectivity index (χ1n) is 8.04. The second-order valence-electron chi connectivity index (χ2n) is 5.83. The van der Waals surface area contributed by atoms with Crippen LogP contribution in [0.4, 0.5) is 0 Å². The summed E-state index contributed by atoms with van der Waals surface area (Å²) in [4.78, 5) is 8.72. The van der Waals surface area contributed by atoms with E-state index >= 15 is 0 Å². The lowest BCUT2D eigenvalue weighted by atomic mass is 9.94. The number of benzene rings is 1. The summed E-state index contributed by atoms with van der Waals surface area (Å²) in [7, 11) is 1.79. The Morgan fingerprint density at radius 3 is 2.52 bits per heavy atom. The van der Waals surface area contributed by atoms with Gasteiger partial charge in [-0.25, -0.2) is 0 Å². The van der Waals surface area contributed by atoms with Gasteiger partial charge in [0.05, 0.1) is 12.2 Å². The summed E-state index contributed by atoms with van der Waals surface area (Å²) in [6.45, 7) is 7.14. The van der Waals surface area contributed by atoms with Crippen molar-refractivity contribution in [3.63, 3.8) is 0 Å². The predicted octanol–water partition coefficient (Wildman–Crippen LogP) is 3.25. The summed E-state index contributed by atoms with van der Waals surface area (Å²) in [6.07, 6.45) is 1.82. The maximum Gasteiger partial charge on any atom is 0.191 e. The molecule has 122 valence electrons. The number of guanidine groups is 1. The van der Waals surface area contributed by atoms with Crippen molar-refractivity contribution in [1.29, 1.82) is 0 Å². The summed E-state index contributed by atoms with van der Waals surface area (Å²) in [5, 5.41) is 6.81. The smallest absolute Gasteiger partial charge is 0.191 e. The first-order valence-corrected chi connectivity index (χ1v) is 8.04. The molecule has 0 fully saturated rings. The van der Waals surface area contributed by atoms with Gasteiger partial charge < -0.3 is 10.6 Å². The van der Waals surface area contributed by atoms with Crippen molar-refractivity contribution in [3.05, 3.63) is 65.5 Å². The number of aryl methyl sites for hydroxylation is 1. The van der Waals surface area contributed by atoms with Crippen LogP contribution in [-0.4, -0.2) is 24.0 Å². The van der Waals surface area contributed by atoms with Gasteiger partial charge in [-0.05, 0) is 31.0 Å². The van der Waals surface area contributed by atoms with Crippen LogP contribution < -0.4 is 10.6 Å². The molecule has 0 amide bonds. The number of nitrogens with one attached hydrogen (secondary N) is 2. The Morgan fingerprint density at radius 2 is 1.87 bits per heavy atom. The predicted molar refractivity (Wildman–Crippen MR) is 96.6 cm³/mol. The number of aromatic nitrogens is 1. The second kappa shape index (κ2) is 8.32. The highest BCUT2D eigenvalue weighted by Crippen LogP contribution is 2.18. The van der Waals surface area contributed by atoms with Gasteiger partial charge in [-0.3, -0.25) is 9.98 Å². The molecule has 0 radical (unpaired) electrons. The molecule has 0 bridgehead atoms. The highest BCUT2D eigenvalue weighted by molar-refractivity contribution is 5.80. The fourth-order valence-corrected chi connectivity index (χ4v) is 2.45. The van der Waals surface area contributed by atoms with Crippen molar-refractivity contribution in [2.24, 2.45) is 4.99 Å². The largest absolute Gasteiger partial charge is 0.353 e. The van der Waals surface area contributed by atoms with Gasteiger partial charge in [0, 0.05) is 25.2 Å². The van der Waals surface area contributed by atoms with Crippen LogP contribution in [0.5, 0.6) is 0 Å². The molecule has 4 heteroatoms.